The normalized spacial score (nSPS) is 19.0. The van der Waals surface area contributed by atoms with Crippen LogP contribution in [-0.2, 0) is 18.2 Å². The second-order valence-electron chi connectivity index (χ2n) is 4.38. The van der Waals surface area contributed by atoms with Crippen molar-refractivity contribution in [3.63, 3.8) is 0 Å². The molecule has 0 heterocycles. The summed E-state index contributed by atoms with van der Waals surface area (Å²) >= 11 is 0. The van der Waals surface area contributed by atoms with E-state index in [1.54, 1.807) is 0 Å². The molecule has 1 aliphatic rings. The Balaban J connectivity index is 2.55. The molecule has 4 N–H and O–H groups in total. The zero-order valence-electron chi connectivity index (χ0n) is 10.3. The first-order valence-corrected chi connectivity index (χ1v) is 8.88. The first-order valence-electron chi connectivity index (χ1n) is 5.81. The van der Waals surface area contributed by atoms with Crippen LogP contribution in [0.25, 0.3) is 0 Å². The summed E-state index contributed by atoms with van der Waals surface area (Å²) in [6, 6.07) is -0.0631. The van der Waals surface area contributed by atoms with Gasteiger partial charge < -0.3 is 19.6 Å². The first-order chi connectivity index (χ1) is 8.67. The van der Waals surface area contributed by atoms with Gasteiger partial charge in [0.05, 0.1) is 0 Å². The summed E-state index contributed by atoms with van der Waals surface area (Å²) in [5.74, 6) is 0. The quantitative estimate of drug-likeness (QED) is 0.396. The van der Waals surface area contributed by atoms with Crippen LogP contribution < -0.4 is 0 Å². The SMILES string of the molecule is O=P(O)(O)OCN(COP(=O)(O)O)C1CCCCC1. The van der Waals surface area contributed by atoms with Gasteiger partial charge in [-0.25, -0.2) is 9.13 Å². The third-order valence-corrected chi connectivity index (χ3v) is 3.78. The van der Waals surface area contributed by atoms with Gasteiger partial charge in [-0.3, -0.25) is 13.9 Å². The van der Waals surface area contributed by atoms with Crippen molar-refractivity contribution >= 4 is 15.6 Å². The maximum atomic E-state index is 10.7. The van der Waals surface area contributed by atoms with Crippen LogP contribution in [0.15, 0.2) is 0 Å². The highest BCUT2D eigenvalue weighted by Crippen LogP contribution is 2.39. The zero-order chi connectivity index (χ0) is 14.5. The van der Waals surface area contributed by atoms with Gasteiger partial charge in [0.1, 0.15) is 13.5 Å². The van der Waals surface area contributed by atoms with Crippen LogP contribution in [-0.4, -0.2) is 44.0 Å². The van der Waals surface area contributed by atoms with E-state index in [9.17, 15) is 9.13 Å². The molecule has 19 heavy (non-hydrogen) atoms. The standard InChI is InChI=1S/C8H19NO8P2/c10-18(11,12)16-6-9(7-17-19(13,14)15)8-4-2-1-3-5-8/h8H,1-7H2,(H2,10,11,12)(H2,13,14,15). The van der Waals surface area contributed by atoms with Crippen molar-refractivity contribution < 1.29 is 37.8 Å². The monoisotopic (exact) mass is 319 g/mol. The van der Waals surface area contributed by atoms with Crippen molar-refractivity contribution in [3.8, 4) is 0 Å². The van der Waals surface area contributed by atoms with Gasteiger partial charge in [-0.2, -0.15) is 0 Å². The molecular formula is C8H19NO8P2. The largest absolute Gasteiger partial charge is 0.470 e. The minimum Gasteiger partial charge on any atom is -0.303 e. The molecule has 11 heteroatoms. The molecule has 1 rings (SSSR count). The molecule has 1 saturated carbocycles. The number of phosphoric acid groups is 2. The summed E-state index contributed by atoms with van der Waals surface area (Å²) < 4.78 is 30.1. The van der Waals surface area contributed by atoms with Gasteiger partial charge in [0.2, 0.25) is 0 Å². The lowest BCUT2D eigenvalue weighted by Gasteiger charge is -2.33. The molecule has 1 fully saturated rings. The summed E-state index contributed by atoms with van der Waals surface area (Å²) in [4.78, 5) is 36.0. The van der Waals surface area contributed by atoms with Crippen molar-refractivity contribution in [2.75, 3.05) is 13.5 Å². The molecule has 0 bridgehead atoms. The van der Waals surface area contributed by atoms with Crippen molar-refractivity contribution in [2.24, 2.45) is 0 Å². The second-order valence-corrected chi connectivity index (χ2v) is 6.86. The lowest BCUT2D eigenvalue weighted by atomic mass is 9.95. The number of nitrogens with zero attached hydrogens (tertiary/aromatic N) is 1. The molecule has 0 spiro atoms. The van der Waals surface area contributed by atoms with E-state index in [4.69, 9.17) is 19.6 Å². The summed E-state index contributed by atoms with van der Waals surface area (Å²) in [5.41, 5.74) is 0. The van der Waals surface area contributed by atoms with E-state index >= 15 is 0 Å². The van der Waals surface area contributed by atoms with Crippen LogP contribution in [0.5, 0.6) is 0 Å². The minimum absolute atomic E-state index is 0.0631. The molecule has 0 aromatic carbocycles. The molecule has 0 unspecified atom stereocenters. The molecule has 0 amide bonds. The van der Waals surface area contributed by atoms with Crippen molar-refractivity contribution in [3.05, 3.63) is 0 Å². The highest BCUT2D eigenvalue weighted by Gasteiger charge is 2.26. The van der Waals surface area contributed by atoms with E-state index in [0.717, 1.165) is 32.1 Å². The Morgan fingerprint density at radius 2 is 1.32 bits per heavy atom. The molecule has 0 aliphatic heterocycles. The second kappa shape index (κ2) is 7.26. The van der Waals surface area contributed by atoms with Crippen LogP contribution in [0.1, 0.15) is 32.1 Å². The Labute approximate surface area is 111 Å². The van der Waals surface area contributed by atoms with Gasteiger partial charge in [-0.1, -0.05) is 19.3 Å². The predicted octanol–water partition coefficient (Wildman–Crippen LogP) is 0.755. The van der Waals surface area contributed by atoms with Crippen LogP contribution in [0, 0.1) is 0 Å². The summed E-state index contributed by atoms with van der Waals surface area (Å²) in [7, 11) is -9.25. The third-order valence-electron chi connectivity index (χ3n) is 2.87. The molecule has 0 aromatic rings. The van der Waals surface area contributed by atoms with Gasteiger partial charge in [0.15, 0.2) is 0 Å². The summed E-state index contributed by atoms with van der Waals surface area (Å²) in [6.45, 7) is -0.871. The number of hydrogen-bond donors (Lipinski definition) is 4. The molecule has 0 radical (unpaired) electrons. The fourth-order valence-electron chi connectivity index (χ4n) is 1.99. The molecule has 0 saturated heterocycles. The zero-order valence-corrected chi connectivity index (χ0v) is 12.1. The van der Waals surface area contributed by atoms with E-state index in [1.165, 1.54) is 4.90 Å². The smallest absolute Gasteiger partial charge is 0.303 e. The molecule has 0 atom stereocenters. The molecule has 9 nitrogen and oxygen atoms in total. The average Bonchev–Trinajstić information content (AvgIpc) is 2.27. The number of phosphoric ester groups is 2. The van der Waals surface area contributed by atoms with E-state index in [2.05, 4.69) is 9.05 Å². The Bertz CT molecular complexity index is 334. The fourth-order valence-corrected chi connectivity index (χ4v) is 2.59. The van der Waals surface area contributed by atoms with Crippen LogP contribution in [0.3, 0.4) is 0 Å². The number of rotatable bonds is 7. The Morgan fingerprint density at radius 1 is 0.895 bits per heavy atom. The lowest BCUT2D eigenvalue weighted by molar-refractivity contribution is -0.0125. The number of hydrogen-bond acceptors (Lipinski definition) is 5. The summed E-state index contributed by atoms with van der Waals surface area (Å²) in [6.07, 6.45) is 4.52. The summed E-state index contributed by atoms with van der Waals surface area (Å²) in [5, 5.41) is 0. The Hall–Kier alpha value is 0.180. The van der Waals surface area contributed by atoms with E-state index < -0.39 is 29.1 Å². The highest BCUT2D eigenvalue weighted by molar-refractivity contribution is 7.46. The van der Waals surface area contributed by atoms with Gasteiger partial charge >= 0.3 is 15.6 Å². The average molecular weight is 319 g/mol. The van der Waals surface area contributed by atoms with Gasteiger partial charge in [0.25, 0.3) is 0 Å². The van der Waals surface area contributed by atoms with Crippen LogP contribution >= 0.6 is 15.6 Å². The minimum atomic E-state index is -4.63. The van der Waals surface area contributed by atoms with E-state index in [0.29, 0.717) is 0 Å². The van der Waals surface area contributed by atoms with Gasteiger partial charge in [0, 0.05) is 6.04 Å². The van der Waals surface area contributed by atoms with Gasteiger partial charge in [-0.05, 0) is 12.8 Å². The Kier molecular flexibility index (Phi) is 6.59. The van der Waals surface area contributed by atoms with Crippen LogP contribution in [0.2, 0.25) is 0 Å². The van der Waals surface area contributed by atoms with Gasteiger partial charge in [-0.15, -0.1) is 0 Å². The third kappa shape index (κ3) is 8.14. The Morgan fingerprint density at radius 3 is 1.68 bits per heavy atom. The van der Waals surface area contributed by atoms with E-state index in [1.807, 2.05) is 0 Å². The topological polar surface area (TPSA) is 137 Å². The first kappa shape index (κ1) is 17.2. The molecule has 1 aliphatic carbocycles. The van der Waals surface area contributed by atoms with Crippen LogP contribution in [0.4, 0.5) is 0 Å². The van der Waals surface area contributed by atoms with E-state index in [-0.39, 0.29) is 6.04 Å². The van der Waals surface area contributed by atoms with Crippen molar-refractivity contribution in [1.29, 1.82) is 0 Å². The lowest BCUT2D eigenvalue weighted by Crippen LogP contribution is -2.39. The molecule has 0 aromatic heterocycles. The maximum Gasteiger partial charge on any atom is 0.470 e. The molecular weight excluding hydrogens is 300 g/mol. The maximum absolute atomic E-state index is 10.7. The van der Waals surface area contributed by atoms with Crippen molar-refractivity contribution in [1.82, 2.24) is 4.90 Å². The fraction of sp³-hybridized carbons (Fsp3) is 1.00. The van der Waals surface area contributed by atoms with Crippen molar-refractivity contribution in [2.45, 2.75) is 38.1 Å². The highest BCUT2D eigenvalue weighted by atomic mass is 31.2. The molecule has 114 valence electrons. The predicted molar refractivity (Wildman–Crippen MR) is 64.7 cm³/mol.